The van der Waals surface area contributed by atoms with Crippen molar-refractivity contribution in [1.82, 2.24) is 15.3 Å². The van der Waals surface area contributed by atoms with Crippen LogP contribution in [0.2, 0.25) is 0 Å². The van der Waals surface area contributed by atoms with Crippen molar-refractivity contribution in [2.24, 2.45) is 5.92 Å². The van der Waals surface area contributed by atoms with Gasteiger partial charge >= 0.3 is 0 Å². The average molecular weight is 308 g/mol. The summed E-state index contributed by atoms with van der Waals surface area (Å²) in [6.07, 6.45) is 4.72. The highest BCUT2D eigenvalue weighted by Crippen LogP contribution is 2.24. The van der Waals surface area contributed by atoms with Crippen molar-refractivity contribution >= 4 is 27.0 Å². The Morgan fingerprint density at radius 2 is 2.39 bits per heavy atom. The van der Waals surface area contributed by atoms with Gasteiger partial charge < -0.3 is 10.1 Å². The smallest absolute Gasteiger partial charge is 0.148 e. The van der Waals surface area contributed by atoms with Gasteiger partial charge in [0.2, 0.25) is 0 Å². The fraction of sp³-hybridized carbons (Fsp3) is 0.385. The van der Waals surface area contributed by atoms with Crippen molar-refractivity contribution in [2.75, 3.05) is 19.7 Å². The maximum absolute atomic E-state index is 5.89. The minimum atomic E-state index is 0.601. The average Bonchev–Trinajstić information content (AvgIpc) is 2.89. The molecule has 0 bridgehead atoms. The van der Waals surface area contributed by atoms with Gasteiger partial charge in [-0.1, -0.05) is 0 Å². The molecule has 0 radical (unpaired) electrons. The van der Waals surface area contributed by atoms with Crippen LogP contribution in [0.1, 0.15) is 6.42 Å². The Hall–Kier alpha value is -1.20. The van der Waals surface area contributed by atoms with E-state index < -0.39 is 0 Å². The molecule has 3 heterocycles. The van der Waals surface area contributed by atoms with Crippen LogP contribution in [0.4, 0.5) is 0 Å². The van der Waals surface area contributed by atoms with Crippen molar-refractivity contribution in [2.45, 2.75) is 6.42 Å². The molecule has 1 atom stereocenters. The summed E-state index contributed by atoms with van der Waals surface area (Å²) in [6, 6.07) is 3.83. The molecule has 2 aromatic rings. The highest BCUT2D eigenvalue weighted by Gasteiger charge is 2.15. The van der Waals surface area contributed by atoms with E-state index in [0.717, 1.165) is 41.0 Å². The molecule has 1 N–H and O–H groups in total. The van der Waals surface area contributed by atoms with E-state index >= 15 is 0 Å². The molecule has 1 aliphatic rings. The lowest BCUT2D eigenvalue weighted by atomic mass is 10.1. The molecule has 5 heteroatoms. The summed E-state index contributed by atoms with van der Waals surface area (Å²) < 4.78 is 6.82. The molecule has 0 amide bonds. The first-order chi connectivity index (χ1) is 8.83. The molecule has 18 heavy (non-hydrogen) atoms. The van der Waals surface area contributed by atoms with Crippen LogP contribution in [0, 0.1) is 5.92 Å². The van der Waals surface area contributed by atoms with Crippen molar-refractivity contribution in [3.63, 3.8) is 0 Å². The van der Waals surface area contributed by atoms with Crippen LogP contribution in [-0.4, -0.2) is 29.7 Å². The number of fused-ring (bicyclic) bond motifs is 1. The van der Waals surface area contributed by atoms with Crippen LogP contribution in [0.3, 0.4) is 0 Å². The number of hydrogen-bond acceptors (Lipinski definition) is 4. The van der Waals surface area contributed by atoms with E-state index in [1.54, 1.807) is 12.4 Å². The molecule has 94 valence electrons. The van der Waals surface area contributed by atoms with Crippen LogP contribution in [-0.2, 0) is 0 Å². The highest BCUT2D eigenvalue weighted by atomic mass is 79.9. The Morgan fingerprint density at radius 1 is 1.44 bits per heavy atom. The van der Waals surface area contributed by atoms with Gasteiger partial charge in [0, 0.05) is 35.4 Å². The summed E-state index contributed by atoms with van der Waals surface area (Å²) in [7, 11) is 0. The topological polar surface area (TPSA) is 47.0 Å². The number of rotatable bonds is 3. The van der Waals surface area contributed by atoms with Crippen LogP contribution >= 0.6 is 15.9 Å². The van der Waals surface area contributed by atoms with Gasteiger partial charge in [0.1, 0.15) is 11.3 Å². The van der Waals surface area contributed by atoms with Crippen LogP contribution in [0.15, 0.2) is 29.0 Å². The standard InChI is InChI=1S/C13H14BrN3O/c14-10-5-11-13(17-7-10)12(2-4-16-11)18-8-9-1-3-15-6-9/h2,4-5,7,9,15H,1,3,6,8H2. The quantitative estimate of drug-likeness (QED) is 0.946. The molecule has 1 saturated heterocycles. The Balaban J connectivity index is 1.82. The Kier molecular flexibility index (Phi) is 3.43. The summed E-state index contributed by atoms with van der Waals surface area (Å²) in [5.74, 6) is 1.42. The van der Waals surface area contributed by atoms with Crippen LogP contribution in [0.5, 0.6) is 5.75 Å². The van der Waals surface area contributed by atoms with Crippen molar-refractivity contribution in [3.05, 3.63) is 29.0 Å². The first kappa shape index (κ1) is 11.9. The normalized spacial score (nSPS) is 19.3. The number of nitrogens with one attached hydrogen (secondary N) is 1. The van der Waals surface area contributed by atoms with Gasteiger partial charge in [-0.15, -0.1) is 0 Å². The molecule has 2 aromatic heterocycles. The lowest BCUT2D eigenvalue weighted by Crippen LogP contribution is -2.15. The lowest BCUT2D eigenvalue weighted by molar-refractivity contribution is 0.262. The maximum atomic E-state index is 5.89. The molecule has 1 fully saturated rings. The van der Waals surface area contributed by atoms with Gasteiger partial charge in [-0.25, -0.2) is 4.98 Å². The molecule has 4 nitrogen and oxygen atoms in total. The van der Waals surface area contributed by atoms with Gasteiger partial charge in [-0.05, 0) is 35.0 Å². The predicted octanol–water partition coefficient (Wildman–Crippen LogP) is 2.38. The SMILES string of the molecule is Brc1cnc2c(OCC3CCNC3)ccnc2c1. The van der Waals surface area contributed by atoms with Gasteiger partial charge in [0.25, 0.3) is 0 Å². The Bertz CT molecular complexity index is 555. The second kappa shape index (κ2) is 5.20. The first-order valence-corrected chi connectivity index (χ1v) is 6.86. The molecule has 3 rings (SSSR count). The van der Waals surface area contributed by atoms with Crippen LogP contribution in [0.25, 0.3) is 11.0 Å². The number of aromatic nitrogens is 2. The predicted molar refractivity (Wildman–Crippen MR) is 73.7 cm³/mol. The summed E-state index contributed by atoms with van der Waals surface area (Å²) in [4.78, 5) is 8.67. The van der Waals surface area contributed by atoms with Gasteiger partial charge in [-0.2, -0.15) is 0 Å². The minimum Gasteiger partial charge on any atom is -0.491 e. The number of nitrogens with zero attached hydrogens (tertiary/aromatic N) is 2. The fourth-order valence-electron chi connectivity index (χ4n) is 2.16. The third kappa shape index (κ3) is 2.47. The molecule has 1 aliphatic heterocycles. The monoisotopic (exact) mass is 307 g/mol. The largest absolute Gasteiger partial charge is 0.491 e. The van der Waals surface area contributed by atoms with E-state index in [0.29, 0.717) is 5.92 Å². The zero-order chi connectivity index (χ0) is 12.4. The van der Waals surface area contributed by atoms with Gasteiger partial charge in [-0.3, -0.25) is 4.98 Å². The van der Waals surface area contributed by atoms with E-state index in [1.165, 1.54) is 6.42 Å². The summed E-state index contributed by atoms with van der Waals surface area (Å²) in [5.41, 5.74) is 1.68. The van der Waals surface area contributed by atoms with Crippen molar-refractivity contribution in [3.8, 4) is 5.75 Å². The van der Waals surface area contributed by atoms with Crippen LogP contribution < -0.4 is 10.1 Å². The zero-order valence-electron chi connectivity index (χ0n) is 9.90. The first-order valence-electron chi connectivity index (χ1n) is 6.07. The second-order valence-corrected chi connectivity index (χ2v) is 5.42. The molecular formula is C13H14BrN3O. The van der Waals surface area contributed by atoms with Gasteiger partial charge in [0.05, 0.1) is 12.1 Å². The molecule has 1 unspecified atom stereocenters. The van der Waals surface area contributed by atoms with Crippen molar-refractivity contribution < 1.29 is 4.74 Å². The highest BCUT2D eigenvalue weighted by molar-refractivity contribution is 9.10. The minimum absolute atomic E-state index is 0.601. The van der Waals surface area contributed by atoms with E-state index in [4.69, 9.17) is 4.74 Å². The van der Waals surface area contributed by atoms with Crippen molar-refractivity contribution in [1.29, 1.82) is 0 Å². The van der Waals surface area contributed by atoms with E-state index in [2.05, 4.69) is 31.2 Å². The summed E-state index contributed by atoms with van der Waals surface area (Å²) >= 11 is 3.40. The third-order valence-electron chi connectivity index (χ3n) is 3.14. The number of ether oxygens (including phenoxy) is 1. The lowest BCUT2D eigenvalue weighted by Gasteiger charge is -2.12. The third-order valence-corrected chi connectivity index (χ3v) is 3.58. The Labute approximate surface area is 114 Å². The molecule has 0 saturated carbocycles. The number of pyridine rings is 2. The number of hydrogen-bond donors (Lipinski definition) is 1. The molecule has 0 spiro atoms. The molecule has 0 aromatic carbocycles. The second-order valence-electron chi connectivity index (χ2n) is 4.50. The number of halogens is 1. The Morgan fingerprint density at radius 3 is 3.22 bits per heavy atom. The molecule has 0 aliphatic carbocycles. The van der Waals surface area contributed by atoms with E-state index in [1.807, 2.05) is 12.1 Å². The zero-order valence-corrected chi connectivity index (χ0v) is 11.5. The maximum Gasteiger partial charge on any atom is 0.148 e. The summed E-state index contributed by atoms with van der Waals surface area (Å²) in [6.45, 7) is 2.88. The molecular weight excluding hydrogens is 294 g/mol. The summed E-state index contributed by atoms with van der Waals surface area (Å²) in [5, 5.41) is 3.34. The van der Waals surface area contributed by atoms with E-state index in [9.17, 15) is 0 Å². The van der Waals surface area contributed by atoms with E-state index in [-0.39, 0.29) is 0 Å². The fourth-order valence-corrected chi connectivity index (χ4v) is 2.48. The van der Waals surface area contributed by atoms with Gasteiger partial charge in [0.15, 0.2) is 0 Å².